The second-order valence-corrected chi connectivity index (χ2v) is 4.10. The third-order valence-electron chi connectivity index (χ3n) is 1.28. The van der Waals surface area contributed by atoms with Crippen molar-refractivity contribution in [1.82, 2.24) is 0 Å². The summed E-state index contributed by atoms with van der Waals surface area (Å²) in [6.07, 6.45) is 0. The molecule has 0 fully saturated rings. The molecule has 0 aliphatic heterocycles. The maximum atomic E-state index is 11.3. The first-order valence-corrected chi connectivity index (χ1v) is 5.34. The molecule has 1 aromatic carbocycles. The van der Waals surface area contributed by atoms with Gasteiger partial charge >= 0.3 is 0 Å². The van der Waals surface area contributed by atoms with Crippen LogP contribution in [0.1, 0.15) is 0 Å². The zero-order valence-corrected chi connectivity index (χ0v) is 7.78. The van der Waals surface area contributed by atoms with E-state index < -0.39 is 11.2 Å². The number of benzene rings is 1. The highest BCUT2D eigenvalue weighted by molar-refractivity contribution is 7.92. The largest absolute Gasteiger partial charge is 0.611 e. The molecule has 1 aromatic rings. The van der Waals surface area contributed by atoms with Gasteiger partial charge in [-0.25, -0.2) is 0 Å². The molecule has 0 aliphatic carbocycles. The van der Waals surface area contributed by atoms with E-state index in [2.05, 4.69) is 12.6 Å². The van der Waals surface area contributed by atoms with Crippen LogP contribution in [0, 0.1) is 0 Å². The lowest BCUT2D eigenvalue weighted by Crippen LogP contribution is -2.07. The Hall–Kier alpha value is -0.120. The number of rotatable bonds is 3. The van der Waals surface area contributed by atoms with E-state index in [0.717, 1.165) is 4.90 Å². The Kier molecular flexibility index (Phi) is 3.83. The zero-order valence-electron chi connectivity index (χ0n) is 6.06. The molecule has 0 spiro atoms. The van der Waals surface area contributed by atoms with Gasteiger partial charge in [-0.15, -0.1) is 0 Å². The lowest BCUT2D eigenvalue weighted by Gasteiger charge is -2.07. The van der Waals surface area contributed by atoms with Crippen LogP contribution in [0.4, 0.5) is 0 Å². The lowest BCUT2D eigenvalue weighted by molar-refractivity contribution is 0.596. The van der Waals surface area contributed by atoms with E-state index in [1.165, 1.54) is 0 Å². The van der Waals surface area contributed by atoms with Crippen LogP contribution in [0.25, 0.3) is 0 Å². The molecule has 1 rings (SSSR count). The van der Waals surface area contributed by atoms with Crippen LogP contribution in [0.5, 0.6) is 0 Å². The van der Waals surface area contributed by atoms with Crippen molar-refractivity contribution < 1.29 is 4.55 Å². The van der Waals surface area contributed by atoms with Gasteiger partial charge in [0.05, 0.1) is 0 Å². The highest BCUT2D eigenvalue weighted by Gasteiger charge is 2.06. The Bertz CT molecular complexity index is 201. The van der Waals surface area contributed by atoms with Crippen LogP contribution in [0.2, 0.25) is 0 Å². The van der Waals surface area contributed by atoms with Crippen molar-refractivity contribution >= 4 is 23.8 Å². The molecule has 0 saturated heterocycles. The number of thiol groups is 1. The maximum absolute atomic E-state index is 11.3. The van der Waals surface area contributed by atoms with Crippen LogP contribution in [0.3, 0.4) is 0 Å². The van der Waals surface area contributed by atoms with E-state index in [9.17, 15) is 4.55 Å². The molecular weight excluding hydrogens is 176 g/mol. The second kappa shape index (κ2) is 4.70. The summed E-state index contributed by atoms with van der Waals surface area (Å²) in [4.78, 5) is 0.890. The maximum Gasteiger partial charge on any atom is 0.152 e. The van der Waals surface area contributed by atoms with Gasteiger partial charge in [-0.2, -0.15) is 12.6 Å². The number of hydrogen-bond donors (Lipinski definition) is 1. The summed E-state index contributed by atoms with van der Waals surface area (Å²) in [6.45, 7) is 0. The fourth-order valence-corrected chi connectivity index (χ4v) is 2.13. The van der Waals surface area contributed by atoms with Crippen molar-refractivity contribution in [3.8, 4) is 0 Å². The summed E-state index contributed by atoms with van der Waals surface area (Å²) in [5, 5.41) is 0. The van der Waals surface area contributed by atoms with Gasteiger partial charge in [-0.3, -0.25) is 0 Å². The summed E-state index contributed by atoms with van der Waals surface area (Å²) in [6, 6.07) is 9.46. The van der Waals surface area contributed by atoms with E-state index >= 15 is 0 Å². The molecule has 0 aliphatic rings. The molecule has 0 radical (unpaired) electrons. The minimum atomic E-state index is -0.860. The van der Waals surface area contributed by atoms with Crippen LogP contribution >= 0.6 is 12.6 Å². The van der Waals surface area contributed by atoms with Gasteiger partial charge in [0.1, 0.15) is 5.75 Å². The lowest BCUT2D eigenvalue weighted by atomic mass is 10.4. The summed E-state index contributed by atoms with van der Waals surface area (Å²) in [5.41, 5.74) is 0. The van der Waals surface area contributed by atoms with E-state index in [0.29, 0.717) is 11.5 Å². The van der Waals surface area contributed by atoms with E-state index in [1.807, 2.05) is 30.3 Å². The average molecular weight is 186 g/mol. The standard InChI is InChI=1S/C8H10OS2/c9-11(7-6-10)8-4-2-1-3-5-8/h1-5,10H,6-7H2. The van der Waals surface area contributed by atoms with Gasteiger partial charge in [0.2, 0.25) is 0 Å². The molecule has 60 valence electrons. The predicted octanol–water partition coefficient (Wildman–Crippen LogP) is 1.72. The summed E-state index contributed by atoms with van der Waals surface area (Å²) in [7, 11) is 0. The Morgan fingerprint density at radius 2 is 1.91 bits per heavy atom. The molecule has 1 unspecified atom stereocenters. The SMILES string of the molecule is [O-][S+](CCS)c1ccccc1. The van der Waals surface area contributed by atoms with Gasteiger partial charge in [-0.1, -0.05) is 18.2 Å². The summed E-state index contributed by atoms with van der Waals surface area (Å²) < 4.78 is 11.3. The number of hydrogen-bond acceptors (Lipinski definition) is 2. The average Bonchev–Trinajstić information content (AvgIpc) is 2.07. The van der Waals surface area contributed by atoms with Crippen molar-refractivity contribution in [2.24, 2.45) is 0 Å². The van der Waals surface area contributed by atoms with Crippen molar-refractivity contribution in [3.05, 3.63) is 30.3 Å². The van der Waals surface area contributed by atoms with E-state index in [-0.39, 0.29) is 0 Å². The van der Waals surface area contributed by atoms with Crippen LogP contribution in [-0.4, -0.2) is 16.1 Å². The highest BCUT2D eigenvalue weighted by Crippen LogP contribution is 2.09. The van der Waals surface area contributed by atoms with Crippen molar-refractivity contribution in [2.75, 3.05) is 11.5 Å². The minimum absolute atomic E-state index is 0.632. The Balaban J connectivity index is 2.61. The van der Waals surface area contributed by atoms with Gasteiger partial charge in [0.15, 0.2) is 4.90 Å². The fraction of sp³-hybridized carbons (Fsp3) is 0.250. The van der Waals surface area contributed by atoms with Gasteiger partial charge in [0.25, 0.3) is 0 Å². The predicted molar refractivity (Wildman–Crippen MR) is 51.6 cm³/mol. The van der Waals surface area contributed by atoms with E-state index in [1.54, 1.807) is 0 Å². The molecule has 1 atom stereocenters. The van der Waals surface area contributed by atoms with Crippen LogP contribution in [0.15, 0.2) is 35.2 Å². The van der Waals surface area contributed by atoms with Crippen LogP contribution < -0.4 is 0 Å². The topological polar surface area (TPSA) is 23.1 Å². The molecule has 0 N–H and O–H groups in total. The first-order chi connectivity index (χ1) is 5.34. The Morgan fingerprint density at radius 1 is 1.27 bits per heavy atom. The van der Waals surface area contributed by atoms with E-state index in [4.69, 9.17) is 0 Å². The molecule has 0 saturated carbocycles. The normalized spacial score (nSPS) is 12.9. The second-order valence-electron chi connectivity index (χ2n) is 2.09. The fourth-order valence-electron chi connectivity index (χ4n) is 0.773. The minimum Gasteiger partial charge on any atom is -0.611 e. The highest BCUT2D eigenvalue weighted by atomic mass is 32.2. The third-order valence-corrected chi connectivity index (χ3v) is 3.18. The molecular formula is C8H10OS2. The van der Waals surface area contributed by atoms with Crippen molar-refractivity contribution in [1.29, 1.82) is 0 Å². The monoisotopic (exact) mass is 186 g/mol. The molecule has 0 aromatic heterocycles. The van der Waals surface area contributed by atoms with Gasteiger partial charge in [0, 0.05) is 5.75 Å². The first-order valence-electron chi connectivity index (χ1n) is 3.39. The zero-order chi connectivity index (χ0) is 8.10. The molecule has 11 heavy (non-hydrogen) atoms. The molecule has 0 bridgehead atoms. The Morgan fingerprint density at radius 3 is 2.45 bits per heavy atom. The van der Waals surface area contributed by atoms with Gasteiger partial charge in [-0.05, 0) is 23.3 Å². The Labute approximate surface area is 75.4 Å². The van der Waals surface area contributed by atoms with Crippen LogP contribution in [-0.2, 0) is 11.2 Å². The van der Waals surface area contributed by atoms with Crippen molar-refractivity contribution in [3.63, 3.8) is 0 Å². The van der Waals surface area contributed by atoms with Crippen molar-refractivity contribution in [2.45, 2.75) is 4.90 Å². The van der Waals surface area contributed by atoms with Gasteiger partial charge < -0.3 is 4.55 Å². The third kappa shape index (κ3) is 2.77. The summed E-state index contributed by atoms with van der Waals surface area (Å²) >= 11 is 3.16. The molecule has 0 heterocycles. The molecule has 1 nitrogen and oxygen atoms in total. The quantitative estimate of drug-likeness (QED) is 0.564. The summed E-state index contributed by atoms with van der Waals surface area (Å²) in [5.74, 6) is 1.30. The smallest absolute Gasteiger partial charge is 0.152 e. The molecule has 3 heteroatoms. The first kappa shape index (κ1) is 8.97. The molecule has 0 amide bonds.